The van der Waals surface area contributed by atoms with Gasteiger partial charge in [-0.25, -0.2) is 0 Å². The third kappa shape index (κ3) is 3.27. The fourth-order valence-electron chi connectivity index (χ4n) is 3.31. The Bertz CT molecular complexity index is 531. The van der Waals surface area contributed by atoms with Gasteiger partial charge in [0.15, 0.2) is 0 Å². The van der Waals surface area contributed by atoms with Crippen LogP contribution in [0.1, 0.15) is 30.1 Å². The van der Waals surface area contributed by atoms with Crippen molar-refractivity contribution in [3.63, 3.8) is 0 Å². The number of anilines is 1. The first kappa shape index (κ1) is 15.3. The van der Waals surface area contributed by atoms with Crippen molar-refractivity contribution in [1.82, 2.24) is 9.80 Å². The zero-order valence-corrected chi connectivity index (χ0v) is 14.0. The molecule has 4 heteroatoms. The van der Waals surface area contributed by atoms with E-state index >= 15 is 0 Å². The van der Waals surface area contributed by atoms with Gasteiger partial charge in [-0.1, -0.05) is 6.07 Å². The SMILES string of the molecule is CC(C1CC1)N1CCN(C(=O)c2cccc(N(C)C)c2)CC1. The van der Waals surface area contributed by atoms with Crippen molar-refractivity contribution in [3.8, 4) is 0 Å². The number of carbonyl (C=O) groups excluding carboxylic acids is 1. The van der Waals surface area contributed by atoms with Crippen LogP contribution in [-0.4, -0.2) is 62.0 Å². The molecule has 1 atom stereocenters. The lowest BCUT2D eigenvalue weighted by Crippen LogP contribution is -2.51. The number of nitrogens with zero attached hydrogens (tertiary/aromatic N) is 3. The Hall–Kier alpha value is -1.55. The van der Waals surface area contributed by atoms with Gasteiger partial charge in [-0.2, -0.15) is 0 Å². The van der Waals surface area contributed by atoms with E-state index in [1.54, 1.807) is 0 Å². The second kappa shape index (κ2) is 6.29. The van der Waals surface area contributed by atoms with Gasteiger partial charge in [0.1, 0.15) is 0 Å². The summed E-state index contributed by atoms with van der Waals surface area (Å²) in [5.41, 5.74) is 1.88. The molecule has 0 aromatic heterocycles. The van der Waals surface area contributed by atoms with Crippen LogP contribution in [0, 0.1) is 5.92 Å². The summed E-state index contributed by atoms with van der Waals surface area (Å²) in [6.07, 6.45) is 2.77. The molecule has 1 aromatic rings. The molecule has 4 nitrogen and oxygen atoms in total. The predicted molar refractivity (Wildman–Crippen MR) is 90.4 cm³/mol. The average Bonchev–Trinajstić information content (AvgIpc) is 3.38. The van der Waals surface area contributed by atoms with Gasteiger partial charge >= 0.3 is 0 Å². The van der Waals surface area contributed by atoms with E-state index in [4.69, 9.17) is 0 Å². The Kier molecular flexibility index (Phi) is 4.39. The molecule has 3 rings (SSSR count). The first-order chi connectivity index (χ1) is 10.6. The maximum Gasteiger partial charge on any atom is 0.254 e. The Morgan fingerprint density at radius 3 is 2.45 bits per heavy atom. The highest BCUT2D eigenvalue weighted by Crippen LogP contribution is 2.35. The monoisotopic (exact) mass is 301 g/mol. The summed E-state index contributed by atoms with van der Waals surface area (Å²) in [6, 6.07) is 8.60. The maximum atomic E-state index is 12.7. The van der Waals surface area contributed by atoms with E-state index in [9.17, 15) is 4.79 Å². The zero-order valence-electron chi connectivity index (χ0n) is 14.0. The average molecular weight is 301 g/mol. The fourth-order valence-corrected chi connectivity index (χ4v) is 3.31. The van der Waals surface area contributed by atoms with Crippen molar-refractivity contribution in [1.29, 1.82) is 0 Å². The molecule has 0 N–H and O–H groups in total. The van der Waals surface area contributed by atoms with E-state index in [1.165, 1.54) is 12.8 Å². The van der Waals surface area contributed by atoms with Crippen LogP contribution >= 0.6 is 0 Å². The molecule has 22 heavy (non-hydrogen) atoms. The topological polar surface area (TPSA) is 26.8 Å². The van der Waals surface area contributed by atoms with Crippen molar-refractivity contribution in [2.45, 2.75) is 25.8 Å². The summed E-state index contributed by atoms with van der Waals surface area (Å²) in [6.45, 7) is 6.06. The van der Waals surface area contributed by atoms with Crippen LogP contribution in [0.2, 0.25) is 0 Å². The Morgan fingerprint density at radius 2 is 1.86 bits per heavy atom. The number of amides is 1. The number of benzene rings is 1. The van der Waals surface area contributed by atoms with Gasteiger partial charge in [-0.3, -0.25) is 9.69 Å². The summed E-state index contributed by atoms with van der Waals surface area (Å²) >= 11 is 0. The number of hydrogen-bond donors (Lipinski definition) is 0. The summed E-state index contributed by atoms with van der Waals surface area (Å²) in [7, 11) is 4.00. The standard InChI is InChI=1S/C18H27N3O/c1-14(15-7-8-15)20-9-11-21(12-10-20)18(22)16-5-4-6-17(13-16)19(2)3/h4-6,13-15H,7-12H2,1-3H3. The second-order valence-electron chi connectivity index (χ2n) is 6.85. The number of hydrogen-bond acceptors (Lipinski definition) is 3. The Balaban J connectivity index is 1.60. The van der Waals surface area contributed by atoms with E-state index < -0.39 is 0 Å². The van der Waals surface area contributed by atoms with E-state index in [2.05, 4.69) is 11.8 Å². The lowest BCUT2D eigenvalue weighted by molar-refractivity contribution is 0.0564. The summed E-state index contributed by atoms with van der Waals surface area (Å²) in [4.78, 5) is 19.3. The smallest absolute Gasteiger partial charge is 0.254 e. The maximum absolute atomic E-state index is 12.7. The van der Waals surface area contributed by atoms with Crippen LogP contribution in [0.15, 0.2) is 24.3 Å². The van der Waals surface area contributed by atoms with E-state index in [0.29, 0.717) is 6.04 Å². The molecular weight excluding hydrogens is 274 g/mol. The van der Waals surface area contributed by atoms with Crippen LogP contribution in [0.4, 0.5) is 5.69 Å². The van der Waals surface area contributed by atoms with E-state index in [1.807, 2.05) is 48.2 Å². The number of piperazine rings is 1. The summed E-state index contributed by atoms with van der Waals surface area (Å²) in [5, 5.41) is 0. The molecule has 1 aliphatic carbocycles. The van der Waals surface area contributed by atoms with E-state index in [-0.39, 0.29) is 5.91 Å². The number of carbonyl (C=O) groups is 1. The highest BCUT2D eigenvalue weighted by Gasteiger charge is 2.34. The van der Waals surface area contributed by atoms with Crippen LogP contribution in [-0.2, 0) is 0 Å². The summed E-state index contributed by atoms with van der Waals surface area (Å²) < 4.78 is 0. The molecule has 1 aromatic carbocycles. The largest absolute Gasteiger partial charge is 0.378 e. The molecule has 1 heterocycles. The minimum Gasteiger partial charge on any atom is -0.378 e. The van der Waals surface area contributed by atoms with Crippen LogP contribution < -0.4 is 4.90 Å². The van der Waals surface area contributed by atoms with Gasteiger partial charge in [-0.15, -0.1) is 0 Å². The third-order valence-electron chi connectivity index (χ3n) is 5.09. The first-order valence-electron chi connectivity index (χ1n) is 8.37. The van der Waals surface area contributed by atoms with Gasteiger partial charge in [0.2, 0.25) is 0 Å². The molecule has 1 saturated carbocycles. The van der Waals surface area contributed by atoms with Gasteiger partial charge in [-0.05, 0) is 43.9 Å². The molecule has 1 saturated heterocycles. The Morgan fingerprint density at radius 1 is 1.18 bits per heavy atom. The van der Waals surface area contributed by atoms with Crippen LogP contribution in [0.25, 0.3) is 0 Å². The predicted octanol–water partition coefficient (Wildman–Crippen LogP) is 2.31. The molecule has 120 valence electrons. The molecule has 1 aliphatic heterocycles. The summed E-state index contributed by atoms with van der Waals surface area (Å²) in [5.74, 6) is 1.07. The Labute approximate surface area is 133 Å². The minimum absolute atomic E-state index is 0.169. The molecule has 0 radical (unpaired) electrons. The third-order valence-corrected chi connectivity index (χ3v) is 5.09. The van der Waals surface area contributed by atoms with Gasteiger partial charge < -0.3 is 9.80 Å². The van der Waals surface area contributed by atoms with Gasteiger partial charge in [0.05, 0.1) is 0 Å². The molecule has 2 fully saturated rings. The van der Waals surface area contributed by atoms with Gasteiger partial charge in [0, 0.05) is 57.6 Å². The molecular formula is C18H27N3O. The zero-order chi connectivity index (χ0) is 15.7. The minimum atomic E-state index is 0.169. The lowest BCUT2D eigenvalue weighted by atomic mass is 10.1. The van der Waals surface area contributed by atoms with Crippen molar-refractivity contribution in [2.24, 2.45) is 5.92 Å². The molecule has 2 aliphatic rings. The quantitative estimate of drug-likeness (QED) is 0.854. The molecule has 0 spiro atoms. The normalized spacial score (nSPS) is 20.8. The van der Waals surface area contributed by atoms with Gasteiger partial charge in [0.25, 0.3) is 5.91 Å². The molecule has 0 bridgehead atoms. The molecule has 1 unspecified atom stereocenters. The van der Waals surface area contributed by atoms with Crippen LogP contribution in [0.5, 0.6) is 0 Å². The van der Waals surface area contributed by atoms with Crippen LogP contribution in [0.3, 0.4) is 0 Å². The van der Waals surface area contributed by atoms with Crippen molar-refractivity contribution in [2.75, 3.05) is 45.2 Å². The van der Waals surface area contributed by atoms with Crippen molar-refractivity contribution >= 4 is 11.6 Å². The van der Waals surface area contributed by atoms with E-state index in [0.717, 1.165) is 43.3 Å². The fraction of sp³-hybridized carbons (Fsp3) is 0.611. The molecule has 1 amide bonds. The second-order valence-corrected chi connectivity index (χ2v) is 6.85. The first-order valence-corrected chi connectivity index (χ1v) is 8.37. The number of rotatable bonds is 4. The van der Waals surface area contributed by atoms with Crippen molar-refractivity contribution in [3.05, 3.63) is 29.8 Å². The highest BCUT2D eigenvalue weighted by atomic mass is 16.2. The highest BCUT2D eigenvalue weighted by molar-refractivity contribution is 5.95. The van der Waals surface area contributed by atoms with Crippen molar-refractivity contribution < 1.29 is 4.79 Å². The lowest BCUT2D eigenvalue weighted by Gasteiger charge is -2.38.